The molecule has 9 nitrogen and oxygen atoms in total. The monoisotopic (exact) mass is 477 g/mol. The second kappa shape index (κ2) is 9.17. The lowest BCUT2D eigenvalue weighted by Crippen LogP contribution is -2.23. The number of rotatable bonds is 7. The zero-order valence-corrected chi connectivity index (χ0v) is 19.6. The molecule has 2 aromatic heterocycles. The topological polar surface area (TPSA) is 126 Å². The van der Waals surface area contributed by atoms with Crippen LogP contribution in [0.25, 0.3) is 11.5 Å². The Hall–Kier alpha value is -3.11. The number of nitrogens with zero attached hydrogens (tertiary/aromatic N) is 2. The first-order valence-electron chi connectivity index (χ1n) is 9.63. The molecule has 0 saturated heterocycles. The largest absolute Gasteiger partial charge is 0.485 e. The summed E-state index contributed by atoms with van der Waals surface area (Å²) < 4.78 is 30.9. The van der Waals surface area contributed by atoms with Crippen LogP contribution in [0.1, 0.15) is 36.7 Å². The second-order valence-electron chi connectivity index (χ2n) is 8.16. The third-order valence-corrected chi connectivity index (χ3v) is 4.78. The van der Waals surface area contributed by atoms with Crippen LogP contribution in [0.15, 0.2) is 42.9 Å². The van der Waals surface area contributed by atoms with E-state index in [-0.39, 0.29) is 18.1 Å². The van der Waals surface area contributed by atoms with Crippen molar-refractivity contribution in [3.63, 3.8) is 0 Å². The van der Waals surface area contributed by atoms with Gasteiger partial charge in [-0.1, -0.05) is 11.6 Å². The van der Waals surface area contributed by atoms with Crippen LogP contribution in [0.5, 0.6) is 5.75 Å². The average Bonchev–Trinajstić information content (AvgIpc) is 3.14. The van der Waals surface area contributed by atoms with Crippen LogP contribution in [-0.4, -0.2) is 41.1 Å². The highest BCUT2D eigenvalue weighted by Crippen LogP contribution is 2.21. The molecule has 0 aliphatic heterocycles. The Morgan fingerprint density at radius 1 is 1.16 bits per heavy atom. The highest BCUT2D eigenvalue weighted by molar-refractivity contribution is 7.92. The number of halogens is 1. The van der Waals surface area contributed by atoms with E-state index in [1.165, 1.54) is 6.07 Å². The third kappa shape index (κ3) is 6.96. The van der Waals surface area contributed by atoms with E-state index in [4.69, 9.17) is 16.3 Å². The van der Waals surface area contributed by atoms with E-state index in [2.05, 4.69) is 25.0 Å². The molecule has 3 N–H and O–H groups in total. The van der Waals surface area contributed by atoms with Crippen LogP contribution in [0.3, 0.4) is 0 Å². The van der Waals surface area contributed by atoms with E-state index in [1.54, 1.807) is 36.8 Å². The number of carbonyl (C=O) groups excluding carboxylic acids is 1. The molecule has 0 aliphatic carbocycles. The van der Waals surface area contributed by atoms with E-state index in [0.29, 0.717) is 39.1 Å². The molecular weight excluding hydrogens is 454 g/mol. The van der Waals surface area contributed by atoms with Crippen LogP contribution >= 0.6 is 11.6 Å². The number of anilines is 1. The van der Waals surface area contributed by atoms with Crippen molar-refractivity contribution >= 4 is 33.2 Å². The van der Waals surface area contributed by atoms with Gasteiger partial charge in [-0.15, -0.1) is 0 Å². The van der Waals surface area contributed by atoms with E-state index >= 15 is 0 Å². The highest BCUT2D eigenvalue weighted by Gasteiger charge is 2.14. The molecule has 32 heavy (non-hydrogen) atoms. The van der Waals surface area contributed by atoms with E-state index < -0.39 is 10.0 Å². The van der Waals surface area contributed by atoms with Crippen molar-refractivity contribution in [1.29, 1.82) is 0 Å². The zero-order chi connectivity index (χ0) is 23.5. The lowest BCUT2D eigenvalue weighted by atomic mass is 10.2. The minimum Gasteiger partial charge on any atom is -0.485 e. The van der Waals surface area contributed by atoms with Crippen LogP contribution in [0.2, 0.25) is 5.02 Å². The molecule has 0 aliphatic rings. The van der Waals surface area contributed by atoms with E-state index in [9.17, 15) is 13.2 Å². The number of nitrogens with one attached hydrogen (secondary N) is 3. The summed E-state index contributed by atoms with van der Waals surface area (Å²) in [6.07, 6.45) is 5.76. The Balaban J connectivity index is 1.65. The Morgan fingerprint density at radius 3 is 2.47 bits per heavy atom. The van der Waals surface area contributed by atoms with Crippen molar-refractivity contribution in [2.75, 3.05) is 11.0 Å². The van der Waals surface area contributed by atoms with Gasteiger partial charge < -0.3 is 15.0 Å². The fourth-order valence-electron chi connectivity index (χ4n) is 2.83. The van der Waals surface area contributed by atoms with Crippen molar-refractivity contribution in [1.82, 2.24) is 20.3 Å². The Labute approximate surface area is 191 Å². The predicted molar refractivity (Wildman–Crippen MR) is 123 cm³/mol. The summed E-state index contributed by atoms with van der Waals surface area (Å²) in [7, 11) is -3.44. The molecule has 0 radical (unpaired) electrons. The lowest BCUT2D eigenvalue weighted by molar-refractivity contribution is 0.0951. The predicted octanol–water partition coefficient (Wildman–Crippen LogP) is 3.60. The number of H-pyrrole nitrogens is 1. The zero-order valence-electron chi connectivity index (χ0n) is 18.1. The van der Waals surface area contributed by atoms with Gasteiger partial charge in [-0.25, -0.2) is 18.4 Å². The van der Waals surface area contributed by atoms with Gasteiger partial charge in [0, 0.05) is 17.8 Å². The van der Waals surface area contributed by atoms with Gasteiger partial charge in [-0.2, -0.15) is 0 Å². The molecular formula is C21H24ClN5O4S. The summed E-state index contributed by atoms with van der Waals surface area (Å²) in [4.78, 5) is 24.1. The molecule has 3 aromatic rings. The summed E-state index contributed by atoms with van der Waals surface area (Å²) in [5.74, 6) is 0.659. The first-order valence-corrected chi connectivity index (χ1v) is 11.9. The summed E-state index contributed by atoms with van der Waals surface area (Å²) in [6.45, 7) is 5.96. The number of carbonyl (C=O) groups is 1. The summed E-state index contributed by atoms with van der Waals surface area (Å²) in [5, 5.41) is 3.13. The van der Waals surface area contributed by atoms with Crippen molar-refractivity contribution in [3.8, 4) is 17.3 Å². The molecule has 3 rings (SSSR count). The molecule has 170 valence electrons. The minimum atomic E-state index is -3.44. The van der Waals surface area contributed by atoms with Crippen molar-refractivity contribution in [2.24, 2.45) is 0 Å². The average molecular weight is 478 g/mol. The number of amides is 1. The highest BCUT2D eigenvalue weighted by atomic mass is 35.5. The molecule has 11 heteroatoms. The van der Waals surface area contributed by atoms with Gasteiger partial charge in [0.25, 0.3) is 5.91 Å². The smallest absolute Gasteiger partial charge is 0.253 e. The van der Waals surface area contributed by atoms with Crippen molar-refractivity contribution < 1.29 is 17.9 Å². The third-order valence-electron chi connectivity index (χ3n) is 3.95. The standard InChI is InChI=1S/C21H24ClN5O4S/c1-21(2,3)31-17-11-24-19(25-12-17)18-7-14(10-23-18)20(28)26-9-13-5-15(22)8-16(6-13)27-32(4,29)30/h5-8,10-12,23,27H,9H2,1-4H3,(H,26,28). The molecule has 0 fully saturated rings. The normalized spacial score (nSPS) is 11.8. The molecule has 0 atom stereocenters. The molecule has 1 amide bonds. The number of ether oxygens (including phenoxy) is 1. The van der Waals surface area contributed by atoms with Crippen molar-refractivity contribution in [3.05, 3.63) is 59.0 Å². The van der Waals surface area contributed by atoms with Crippen LogP contribution in [0, 0.1) is 0 Å². The van der Waals surface area contributed by atoms with Gasteiger partial charge in [-0.3, -0.25) is 9.52 Å². The number of hydrogen-bond acceptors (Lipinski definition) is 6. The maximum absolute atomic E-state index is 12.5. The van der Waals surface area contributed by atoms with E-state index in [1.807, 2.05) is 20.8 Å². The molecule has 0 unspecified atom stereocenters. The Bertz CT molecular complexity index is 1220. The molecule has 1 aromatic carbocycles. The molecule has 0 spiro atoms. The fraction of sp³-hybridized carbons (Fsp3) is 0.286. The van der Waals surface area contributed by atoms with E-state index in [0.717, 1.165) is 6.26 Å². The Morgan fingerprint density at radius 2 is 1.84 bits per heavy atom. The molecule has 0 saturated carbocycles. The number of benzene rings is 1. The van der Waals surface area contributed by atoms with Crippen molar-refractivity contribution in [2.45, 2.75) is 32.9 Å². The summed E-state index contributed by atoms with van der Waals surface area (Å²) in [6, 6.07) is 6.38. The van der Waals surface area contributed by atoms with Gasteiger partial charge in [0.2, 0.25) is 10.0 Å². The fourth-order valence-corrected chi connectivity index (χ4v) is 3.63. The number of aromatic nitrogens is 3. The maximum atomic E-state index is 12.5. The van der Waals surface area contributed by atoms with Gasteiger partial charge >= 0.3 is 0 Å². The van der Waals surface area contributed by atoms with Crippen LogP contribution in [0.4, 0.5) is 5.69 Å². The SMILES string of the molecule is CC(C)(C)Oc1cnc(-c2cc(C(=O)NCc3cc(Cl)cc(NS(C)(=O)=O)c3)c[nH]2)nc1. The summed E-state index contributed by atoms with van der Waals surface area (Å²) >= 11 is 6.05. The Kier molecular flexibility index (Phi) is 6.75. The van der Waals surface area contributed by atoms with Crippen LogP contribution in [-0.2, 0) is 16.6 Å². The first kappa shape index (κ1) is 23.6. The first-order chi connectivity index (χ1) is 14.9. The summed E-state index contributed by atoms with van der Waals surface area (Å²) in [5.41, 5.74) is 1.59. The lowest BCUT2D eigenvalue weighted by Gasteiger charge is -2.20. The molecule has 0 bridgehead atoms. The number of hydrogen-bond donors (Lipinski definition) is 3. The quantitative estimate of drug-likeness (QED) is 0.477. The van der Waals surface area contributed by atoms with Gasteiger partial charge in [-0.05, 0) is 50.6 Å². The molecule has 2 heterocycles. The number of sulfonamides is 1. The second-order valence-corrected chi connectivity index (χ2v) is 10.3. The van der Waals surface area contributed by atoms with Gasteiger partial charge in [0.15, 0.2) is 11.6 Å². The maximum Gasteiger partial charge on any atom is 0.253 e. The minimum absolute atomic E-state index is 0.160. The van der Waals surface area contributed by atoms with Crippen LogP contribution < -0.4 is 14.8 Å². The number of aromatic amines is 1. The van der Waals surface area contributed by atoms with Gasteiger partial charge in [0.05, 0.1) is 35.6 Å². The van der Waals surface area contributed by atoms with Gasteiger partial charge in [0.1, 0.15) is 5.60 Å².